The van der Waals surface area contributed by atoms with Gasteiger partial charge in [-0.3, -0.25) is 0 Å². The highest BCUT2D eigenvalue weighted by Crippen LogP contribution is 2.42. The Kier molecular flexibility index (Phi) is 10.1. The predicted molar refractivity (Wildman–Crippen MR) is 152 cm³/mol. The van der Waals surface area contributed by atoms with Crippen LogP contribution >= 0.6 is 11.6 Å². The van der Waals surface area contributed by atoms with Gasteiger partial charge in [0.1, 0.15) is 0 Å². The molecule has 2 aliphatic carbocycles. The third kappa shape index (κ3) is 6.82. The fraction of sp³-hybridized carbons (Fsp3) is 0.515. The number of hydrogen-bond acceptors (Lipinski definition) is 1. The van der Waals surface area contributed by atoms with Crippen molar-refractivity contribution in [2.75, 3.05) is 6.61 Å². The van der Waals surface area contributed by atoms with Crippen molar-refractivity contribution < 1.29 is 9.13 Å². The van der Waals surface area contributed by atoms with Crippen molar-refractivity contribution in [2.45, 2.75) is 84.5 Å². The number of ether oxygens (including phenoxy) is 1. The normalized spacial score (nSPS) is 22.6. The van der Waals surface area contributed by atoms with Gasteiger partial charge in [0.2, 0.25) is 0 Å². The zero-order valence-corrected chi connectivity index (χ0v) is 22.8. The van der Waals surface area contributed by atoms with E-state index < -0.39 is 5.82 Å². The van der Waals surface area contributed by atoms with Crippen molar-refractivity contribution in [1.82, 2.24) is 0 Å². The molecule has 1 atom stereocenters. The minimum atomic E-state index is -0.470. The molecule has 0 N–H and O–H groups in total. The summed E-state index contributed by atoms with van der Waals surface area (Å²) in [6.07, 6.45) is 20.9. The van der Waals surface area contributed by atoms with Gasteiger partial charge in [0.25, 0.3) is 0 Å². The fourth-order valence-corrected chi connectivity index (χ4v) is 6.31. The highest BCUT2D eigenvalue weighted by molar-refractivity contribution is 6.33. The van der Waals surface area contributed by atoms with Crippen LogP contribution in [0, 0.1) is 23.6 Å². The lowest BCUT2D eigenvalue weighted by Crippen LogP contribution is -2.23. The predicted octanol–water partition coefficient (Wildman–Crippen LogP) is 10.7. The highest BCUT2D eigenvalue weighted by atomic mass is 35.5. The monoisotopic (exact) mass is 508 g/mol. The van der Waals surface area contributed by atoms with Crippen LogP contribution in [-0.4, -0.2) is 6.61 Å². The number of unbranched alkanes of at least 4 members (excludes halogenated alkanes) is 1. The molecular weight excluding hydrogens is 467 g/mol. The van der Waals surface area contributed by atoms with Crippen LogP contribution in [0.25, 0.3) is 16.7 Å². The van der Waals surface area contributed by atoms with E-state index in [0.717, 1.165) is 42.6 Å². The summed E-state index contributed by atoms with van der Waals surface area (Å²) in [5.74, 6) is 2.47. The molecule has 0 aliphatic heterocycles. The summed E-state index contributed by atoms with van der Waals surface area (Å²) in [6, 6.07) is 12.0. The van der Waals surface area contributed by atoms with Crippen LogP contribution in [0.5, 0.6) is 5.75 Å². The largest absolute Gasteiger partial charge is 0.490 e. The third-order valence-corrected chi connectivity index (χ3v) is 8.73. The first-order valence-corrected chi connectivity index (χ1v) is 14.5. The van der Waals surface area contributed by atoms with Gasteiger partial charge >= 0.3 is 0 Å². The molecule has 2 aromatic carbocycles. The third-order valence-electron chi connectivity index (χ3n) is 8.36. The lowest BCUT2D eigenvalue weighted by Gasteiger charge is -2.35. The van der Waals surface area contributed by atoms with E-state index in [1.807, 2.05) is 6.07 Å². The Morgan fingerprint density at radius 1 is 0.972 bits per heavy atom. The van der Waals surface area contributed by atoms with Crippen LogP contribution in [0.4, 0.5) is 4.39 Å². The van der Waals surface area contributed by atoms with Gasteiger partial charge in [0, 0.05) is 5.56 Å². The van der Waals surface area contributed by atoms with Gasteiger partial charge in [-0.05, 0) is 105 Å². The van der Waals surface area contributed by atoms with Crippen molar-refractivity contribution in [3.63, 3.8) is 0 Å². The van der Waals surface area contributed by atoms with Gasteiger partial charge in [-0.25, -0.2) is 4.39 Å². The van der Waals surface area contributed by atoms with E-state index in [2.05, 4.69) is 56.3 Å². The molecular formula is C33H42ClFO. The van der Waals surface area contributed by atoms with Crippen molar-refractivity contribution >= 4 is 17.2 Å². The molecule has 4 rings (SSSR count). The van der Waals surface area contributed by atoms with Gasteiger partial charge in [0.05, 0.1) is 11.6 Å². The highest BCUT2D eigenvalue weighted by Gasteiger charge is 2.28. The number of rotatable bonds is 10. The molecule has 0 radical (unpaired) electrons. The minimum absolute atomic E-state index is 0.132. The van der Waals surface area contributed by atoms with Gasteiger partial charge < -0.3 is 4.74 Å². The average molecular weight is 509 g/mol. The maximum atomic E-state index is 14.8. The zero-order valence-electron chi connectivity index (χ0n) is 22.1. The van der Waals surface area contributed by atoms with E-state index in [1.54, 1.807) is 6.07 Å². The average Bonchev–Trinajstić information content (AvgIpc) is 2.92. The molecule has 1 nitrogen and oxygen atoms in total. The molecule has 0 aromatic heterocycles. The maximum absolute atomic E-state index is 14.8. The van der Waals surface area contributed by atoms with Crippen molar-refractivity contribution in [3.8, 4) is 16.9 Å². The van der Waals surface area contributed by atoms with Crippen molar-refractivity contribution in [1.29, 1.82) is 0 Å². The van der Waals surface area contributed by atoms with E-state index >= 15 is 0 Å². The summed E-state index contributed by atoms with van der Waals surface area (Å²) >= 11 is 6.40. The Hall–Kier alpha value is -2.06. The Bertz CT molecular complexity index is 1030. The van der Waals surface area contributed by atoms with Crippen LogP contribution in [0.15, 0.2) is 54.6 Å². The second-order valence-corrected chi connectivity index (χ2v) is 11.1. The van der Waals surface area contributed by atoms with Crippen LogP contribution < -0.4 is 4.74 Å². The summed E-state index contributed by atoms with van der Waals surface area (Å²) in [7, 11) is 0. The molecule has 0 spiro atoms. The van der Waals surface area contributed by atoms with E-state index in [0.29, 0.717) is 12.2 Å². The molecule has 2 aromatic rings. The minimum Gasteiger partial charge on any atom is -0.490 e. The fourth-order valence-electron chi connectivity index (χ4n) is 6.05. The molecule has 1 unspecified atom stereocenters. The zero-order chi connectivity index (χ0) is 25.3. The number of hydrogen-bond donors (Lipinski definition) is 0. The topological polar surface area (TPSA) is 9.23 Å². The second kappa shape index (κ2) is 13.5. The standard InChI is InChI=1S/C33H42ClFO/c1-3-5-7-8-24-9-11-25(12-10-24)26-13-15-27(16-14-26)28-17-19-29(20-18-28)30-21-22-31(33(35)32(30)34)36-23-6-4-2/h3,5,15,17-22,24-26H,4,6-14,16,23H2,1-2H3. The Labute approximate surface area is 222 Å². The van der Waals surface area contributed by atoms with Crippen molar-refractivity contribution in [2.24, 2.45) is 17.8 Å². The first-order chi connectivity index (χ1) is 17.6. The lowest BCUT2D eigenvalue weighted by atomic mass is 9.70. The Morgan fingerprint density at radius 3 is 2.39 bits per heavy atom. The summed E-state index contributed by atoms with van der Waals surface area (Å²) in [4.78, 5) is 0. The first-order valence-electron chi connectivity index (χ1n) is 14.1. The molecule has 0 bridgehead atoms. The lowest BCUT2D eigenvalue weighted by molar-refractivity contribution is 0.190. The van der Waals surface area contributed by atoms with Gasteiger partial charge in [-0.1, -0.05) is 80.3 Å². The molecule has 1 saturated carbocycles. The second-order valence-electron chi connectivity index (χ2n) is 10.7. The SMILES string of the molecule is CC=CCCC1CCC(C2CC=C(c3ccc(-c4ccc(OCCCC)c(F)c4Cl)cc3)CC2)CC1. The van der Waals surface area contributed by atoms with E-state index in [-0.39, 0.29) is 10.8 Å². The van der Waals surface area contributed by atoms with Crippen LogP contribution in [0.1, 0.15) is 90.0 Å². The Morgan fingerprint density at radius 2 is 1.72 bits per heavy atom. The smallest absolute Gasteiger partial charge is 0.184 e. The van der Waals surface area contributed by atoms with Crippen molar-refractivity contribution in [3.05, 3.63) is 71.0 Å². The number of benzene rings is 2. The summed E-state index contributed by atoms with van der Waals surface area (Å²) in [5.41, 5.74) is 4.38. The van der Waals surface area contributed by atoms with Crippen LogP contribution in [-0.2, 0) is 0 Å². The van der Waals surface area contributed by atoms with E-state index in [1.165, 1.54) is 62.5 Å². The number of halogens is 2. The number of allylic oxidation sites excluding steroid dienone is 4. The van der Waals surface area contributed by atoms with E-state index in [9.17, 15) is 4.39 Å². The molecule has 36 heavy (non-hydrogen) atoms. The van der Waals surface area contributed by atoms with Gasteiger partial charge in [0.15, 0.2) is 11.6 Å². The van der Waals surface area contributed by atoms with Gasteiger partial charge in [-0.2, -0.15) is 0 Å². The quantitative estimate of drug-likeness (QED) is 0.229. The Balaban J connectivity index is 1.33. The molecule has 1 fully saturated rings. The van der Waals surface area contributed by atoms with Crippen LogP contribution in [0.3, 0.4) is 0 Å². The molecule has 194 valence electrons. The maximum Gasteiger partial charge on any atom is 0.184 e. The summed E-state index contributed by atoms with van der Waals surface area (Å²) < 4.78 is 20.3. The van der Waals surface area contributed by atoms with Gasteiger partial charge in [-0.15, -0.1) is 0 Å². The first kappa shape index (κ1) is 27.0. The van der Waals surface area contributed by atoms with Crippen LogP contribution in [0.2, 0.25) is 5.02 Å². The molecule has 0 saturated heterocycles. The molecule has 0 heterocycles. The summed E-state index contributed by atoms with van der Waals surface area (Å²) in [5, 5.41) is 0.132. The molecule has 2 aliphatic rings. The van der Waals surface area contributed by atoms with E-state index in [4.69, 9.17) is 16.3 Å². The molecule has 3 heteroatoms. The molecule has 0 amide bonds. The summed E-state index contributed by atoms with van der Waals surface area (Å²) in [6.45, 7) is 4.71.